The van der Waals surface area contributed by atoms with Crippen LogP contribution in [0.15, 0.2) is 24.4 Å². The minimum absolute atomic E-state index is 0. The molecule has 0 N–H and O–H groups in total. The molecule has 0 saturated carbocycles. The summed E-state index contributed by atoms with van der Waals surface area (Å²) in [6.07, 6.45) is 3.16. The number of hydrogen-bond acceptors (Lipinski definition) is 2. The van der Waals surface area contributed by atoms with Gasteiger partial charge in [0.2, 0.25) is 0 Å². The fourth-order valence-electron chi connectivity index (χ4n) is 1.68. The predicted octanol–water partition coefficient (Wildman–Crippen LogP) is 2.04. The van der Waals surface area contributed by atoms with E-state index in [1.54, 1.807) is 0 Å². The molecule has 0 unspecified atom stereocenters. The molecule has 2 nitrogen and oxygen atoms in total. The van der Waals surface area contributed by atoms with Gasteiger partial charge in [0.15, 0.2) is 0 Å². The molecule has 0 radical (unpaired) electrons. The van der Waals surface area contributed by atoms with Crippen molar-refractivity contribution in [2.75, 3.05) is 18.0 Å². The van der Waals surface area contributed by atoms with Gasteiger partial charge in [0.25, 0.3) is 0 Å². The zero-order valence-electron chi connectivity index (χ0n) is 7.90. The normalized spacial score (nSPS) is 21.3. The van der Waals surface area contributed by atoms with Crippen LogP contribution in [0.2, 0.25) is 0 Å². The van der Waals surface area contributed by atoms with Crippen molar-refractivity contribution in [2.24, 2.45) is 5.92 Å². The SMILES string of the molecule is C[C@H]1CCN(c2ccccn2)C1.S. The first-order chi connectivity index (χ1) is 5.86. The number of rotatable bonds is 1. The van der Waals surface area contributed by atoms with Gasteiger partial charge in [-0.15, -0.1) is 0 Å². The highest BCUT2D eigenvalue weighted by molar-refractivity contribution is 7.59. The van der Waals surface area contributed by atoms with E-state index in [2.05, 4.69) is 22.9 Å². The highest BCUT2D eigenvalue weighted by Gasteiger charge is 2.18. The van der Waals surface area contributed by atoms with E-state index in [0.29, 0.717) is 0 Å². The second-order valence-electron chi connectivity index (χ2n) is 3.53. The Morgan fingerprint density at radius 2 is 2.31 bits per heavy atom. The van der Waals surface area contributed by atoms with Crippen LogP contribution in [0, 0.1) is 5.92 Å². The van der Waals surface area contributed by atoms with Gasteiger partial charge >= 0.3 is 0 Å². The zero-order chi connectivity index (χ0) is 8.39. The monoisotopic (exact) mass is 196 g/mol. The van der Waals surface area contributed by atoms with Gasteiger partial charge in [-0.05, 0) is 24.5 Å². The van der Waals surface area contributed by atoms with Crippen molar-refractivity contribution in [1.29, 1.82) is 0 Å². The molecule has 1 aliphatic rings. The Morgan fingerprint density at radius 3 is 2.85 bits per heavy atom. The molecule has 2 rings (SSSR count). The highest BCUT2D eigenvalue weighted by atomic mass is 32.1. The van der Waals surface area contributed by atoms with Crippen molar-refractivity contribution in [2.45, 2.75) is 13.3 Å². The molecule has 1 fully saturated rings. The van der Waals surface area contributed by atoms with Crippen LogP contribution in [0.3, 0.4) is 0 Å². The smallest absolute Gasteiger partial charge is 0.128 e. The summed E-state index contributed by atoms with van der Waals surface area (Å²) in [7, 11) is 0. The predicted molar refractivity (Wildman–Crippen MR) is 60.6 cm³/mol. The van der Waals surface area contributed by atoms with Gasteiger partial charge in [-0.2, -0.15) is 13.5 Å². The number of aromatic nitrogens is 1. The maximum absolute atomic E-state index is 4.32. The Balaban J connectivity index is 0.000000845. The lowest BCUT2D eigenvalue weighted by Gasteiger charge is -2.15. The lowest BCUT2D eigenvalue weighted by Crippen LogP contribution is -2.19. The third kappa shape index (κ3) is 2.37. The molecule has 0 aliphatic carbocycles. The summed E-state index contributed by atoms with van der Waals surface area (Å²) in [6.45, 7) is 4.62. The van der Waals surface area contributed by atoms with Gasteiger partial charge in [-0.3, -0.25) is 0 Å². The summed E-state index contributed by atoms with van der Waals surface area (Å²) in [6, 6.07) is 6.09. The number of hydrogen-bond donors (Lipinski definition) is 0. The minimum atomic E-state index is 0. The summed E-state index contributed by atoms with van der Waals surface area (Å²) in [5.41, 5.74) is 0. The molecule has 0 aromatic carbocycles. The summed E-state index contributed by atoms with van der Waals surface area (Å²) in [4.78, 5) is 6.67. The molecule has 3 heteroatoms. The Hall–Kier alpha value is -0.700. The summed E-state index contributed by atoms with van der Waals surface area (Å²) in [5, 5.41) is 0. The quantitative estimate of drug-likeness (QED) is 0.683. The van der Waals surface area contributed by atoms with Crippen molar-refractivity contribution in [3.05, 3.63) is 24.4 Å². The fourth-order valence-corrected chi connectivity index (χ4v) is 1.68. The number of pyridine rings is 1. The Bertz CT molecular complexity index is 250. The van der Waals surface area contributed by atoms with Crippen LogP contribution in [-0.4, -0.2) is 18.1 Å². The molecule has 72 valence electrons. The van der Waals surface area contributed by atoms with Gasteiger partial charge in [-0.1, -0.05) is 13.0 Å². The molecule has 0 amide bonds. The second-order valence-corrected chi connectivity index (χ2v) is 3.53. The van der Waals surface area contributed by atoms with Crippen LogP contribution in [0.5, 0.6) is 0 Å². The van der Waals surface area contributed by atoms with E-state index in [9.17, 15) is 0 Å². The van der Waals surface area contributed by atoms with Gasteiger partial charge in [0, 0.05) is 19.3 Å². The number of anilines is 1. The van der Waals surface area contributed by atoms with Gasteiger partial charge in [0.1, 0.15) is 5.82 Å². The van der Waals surface area contributed by atoms with E-state index in [1.165, 1.54) is 6.42 Å². The number of nitrogens with zero attached hydrogens (tertiary/aromatic N) is 2. The van der Waals surface area contributed by atoms with E-state index in [4.69, 9.17) is 0 Å². The maximum Gasteiger partial charge on any atom is 0.128 e. The van der Waals surface area contributed by atoms with Crippen LogP contribution < -0.4 is 4.90 Å². The van der Waals surface area contributed by atoms with Crippen LogP contribution in [-0.2, 0) is 0 Å². The molecule has 0 spiro atoms. The average Bonchev–Trinajstić information content (AvgIpc) is 2.54. The van der Waals surface area contributed by atoms with Crippen molar-refractivity contribution in [3.63, 3.8) is 0 Å². The van der Waals surface area contributed by atoms with E-state index in [-0.39, 0.29) is 13.5 Å². The summed E-state index contributed by atoms with van der Waals surface area (Å²) in [5.74, 6) is 1.95. The third-order valence-electron chi connectivity index (χ3n) is 2.40. The zero-order valence-corrected chi connectivity index (χ0v) is 8.90. The molecule has 13 heavy (non-hydrogen) atoms. The van der Waals surface area contributed by atoms with Crippen LogP contribution in [0.4, 0.5) is 5.82 Å². The standard InChI is InChI=1S/C10H14N2.H2S/c1-9-5-7-12(8-9)10-4-2-3-6-11-10;/h2-4,6,9H,5,7-8H2,1H3;1H2/t9-;/m0./s1. The fraction of sp³-hybridized carbons (Fsp3) is 0.500. The Morgan fingerprint density at radius 1 is 1.46 bits per heavy atom. The van der Waals surface area contributed by atoms with Gasteiger partial charge < -0.3 is 4.90 Å². The van der Waals surface area contributed by atoms with Gasteiger partial charge in [-0.25, -0.2) is 4.98 Å². The van der Waals surface area contributed by atoms with E-state index in [1.807, 2.05) is 18.3 Å². The first-order valence-corrected chi connectivity index (χ1v) is 4.52. The van der Waals surface area contributed by atoms with Crippen molar-refractivity contribution in [3.8, 4) is 0 Å². The van der Waals surface area contributed by atoms with Crippen molar-refractivity contribution in [1.82, 2.24) is 4.98 Å². The molecule has 2 heterocycles. The molecule has 1 aromatic rings. The first-order valence-electron chi connectivity index (χ1n) is 4.52. The second kappa shape index (κ2) is 4.51. The largest absolute Gasteiger partial charge is 0.356 e. The lowest BCUT2D eigenvalue weighted by atomic mass is 10.2. The summed E-state index contributed by atoms with van der Waals surface area (Å²) < 4.78 is 0. The van der Waals surface area contributed by atoms with Crippen LogP contribution >= 0.6 is 13.5 Å². The molecule has 0 bridgehead atoms. The molecular formula is C10H16N2S. The molecule has 1 aromatic heterocycles. The molecular weight excluding hydrogens is 180 g/mol. The van der Waals surface area contributed by atoms with Gasteiger partial charge in [0.05, 0.1) is 0 Å². The highest BCUT2D eigenvalue weighted by Crippen LogP contribution is 2.20. The van der Waals surface area contributed by atoms with Crippen LogP contribution in [0.1, 0.15) is 13.3 Å². The van der Waals surface area contributed by atoms with E-state index >= 15 is 0 Å². The van der Waals surface area contributed by atoms with E-state index < -0.39 is 0 Å². The van der Waals surface area contributed by atoms with E-state index in [0.717, 1.165) is 24.8 Å². The molecule has 1 saturated heterocycles. The summed E-state index contributed by atoms with van der Waals surface area (Å²) >= 11 is 0. The Labute approximate surface area is 86.4 Å². The van der Waals surface area contributed by atoms with Crippen molar-refractivity contribution < 1.29 is 0 Å². The maximum atomic E-state index is 4.32. The topological polar surface area (TPSA) is 16.1 Å². The van der Waals surface area contributed by atoms with Crippen LogP contribution in [0.25, 0.3) is 0 Å². The molecule has 1 aliphatic heterocycles. The first kappa shape index (κ1) is 10.4. The minimum Gasteiger partial charge on any atom is -0.356 e. The average molecular weight is 196 g/mol. The Kier molecular flexibility index (Phi) is 3.60. The lowest BCUT2D eigenvalue weighted by molar-refractivity contribution is 0.659. The van der Waals surface area contributed by atoms with Crippen molar-refractivity contribution >= 4 is 19.3 Å². The molecule has 1 atom stereocenters. The third-order valence-corrected chi connectivity index (χ3v) is 2.40.